The van der Waals surface area contributed by atoms with Crippen LogP contribution >= 0.6 is 11.6 Å². The minimum absolute atomic E-state index is 0.0629. The fourth-order valence-corrected chi connectivity index (χ4v) is 2.75. The van der Waals surface area contributed by atoms with Gasteiger partial charge in [0, 0.05) is 22.5 Å². The van der Waals surface area contributed by atoms with Crippen molar-refractivity contribution in [2.45, 2.75) is 12.9 Å². The van der Waals surface area contributed by atoms with Gasteiger partial charge in [0.2, 0.25) is 0 Å². The first-order valence-corrected chi connectivity index (χ1v) is 7.47. The van der Waals surface area contributed by atoms with E-state index in [9.17, 15) is 23.1 Å². The summed E-state index contributed by atoms with van der Waals surface area (Å²) in [5, 5.41) is 10.5. The lowest BCUT2D eigenvalue weighted by molar-refractivity contribution is -0.274. The molecule has 0 aliphatic rings. The maximum absolute atomic E-state index is 12.2. The van der Waals surface area contributed by atoms with Crippen LogP contribution in [0.4, 0.5) is 13.2 Å². The molecule has 25 heavy (non-hydrogen) atoms. The van der Waals surface area contributed by atoms with Crippen LogP contribution in [0.15, 0.2) is 48.5 Å². The van der Waals surface area contributed by atoms with E-state index in [2.05, 4.69) is 4.74 Å². The lowest BCUT2D eigenvalue weighted by atomic mass is 10.2. The van der Waals surface area contributed by atoms with Gasteiger partial charge in [-0.1, -0.05) is 23.7 Å². The molecule has 0 fully saturated rings. The number of nitrogens with zero attached hydrogens (tertiary/aromatic N) is 1. The molecule has 0 unspecified atom stereocenters. The maximum Gasteiger partial charge on any atom is 0.573 e. The number of alkyl halides is 3. The van der Waals surface area contributed by atoms with Crippen LogP contribution in [0.3, 0.4) is 0 Å². The van der Waals surface area contributed by atoms with Gasteiger partial charge in [-0.2, -0.15) is 0 Å². The Labute approximate surface area is 145 Å². The van der Waals surface area contributed by atoms with E-state index < -0.39 is 12.3 Å². The van der Waals surface area contributed by atoms with Gasteiger partial charge in [-0.3, -0.25) is 0 Å². The van der Waals surface area contributed by atoms with Gasteiger partial charge < -0.3 is 14.4 Å². The number of benzene rings is 2. The summed E-state index contributed by atoms with van der Waals surface area (Å²) < 4.78 is 42.0. The van der Waals surface area contributed by atoms with E-state index in [-0.39, 0.29) is 18.0 Å². The van der Waals surface area contributed by atoms with E-state index in [0.29, 0.717) is 21.5 Å². The van der Waals surface area contributed by atoms with E-state index >= 15 is 0 Å². The van der Waals surface area contributed by atoms with Crippen LogP contribution in [0.2, 0.25) is 5.02 Å². The molecule has 0 saturated heterocycles. The van der Waals surface area contributed by atoms with Gasteiger partial charge in [-0.25, -0.2) is 4.79 Å². The highest BCUT2D eigenvalue weighted by molar-refractivity contribution is 6.31. The molecule has 1 N–H and O–H groups in total. The molecule has 130 valence electrons. The zero-order chi connectivity index (χ0) is 18.2. The van der Waals surface area contributed by atoms with Crippen molar-refractivity contribution in [3.05, 3.63) is 64.8 Å². The second-order valence-electron chi connectivity index (χ2n) is 5.32. The first kappa shape index (κ1) is 17.2. The molecule has 0 aliphatic heterocycles. The van der Waals surface area contributed by atoms with Crippen molar-refractivity contribution in [2.24, 2.45) is 0 Å². The van der Waals surface area contributed by atoms with E-state index in [1.165, 1.54) is 30.3 Å². The van der Waals surface area contributed by atoms with E-state index in [1.807, 2.05) is 0 Å². The molecular weight excluding hydrogens is 359 g/mol. The maximum atomic E-state index is 12.2. The molecule has 0 spiro atoms. The van der Waals surface area contributed by atoms with Crippen molar-refractivity contribution in [1.82, 2.24) is 4.57 Å². The number of carboxylic acids is 1. The largest absolute Gasteiger partial charge is 0.573 e. The topological polar surface area (TPSA) is 51.5 Å². The van der Waals surface area contributed by atoms with Crippen molar-refractivity contribution in [2.75, 3.05) is 0 Å². The Hall–Kier alpha value is -2.67. The van der Waals surface area contributed by atoms with Crippen LogP contribution in [0.25, 0.3) is 10.9 Å². The number of hydrogen-bond acceptors (Lipinski definition) is 2. The molecule has 4 nitrogen and oxygen atoms in total. The number of hydrogen-bond donors (Lipinski definition) is 1. The number of carboxylic acid groups (broad SMARTS) is 1. The fourth-order valence-electron chi connectivity index (χ4n) is 2.57. The molecule has 0 aliphatic carbocycles. The second kappa shape index (κ2) is 6.33. The van der Waals surface area contributed by atoms with Crippen LogP contribution < -0.4 is 4.74 Å². The smallest absolute Gasteiger partial charge is 0.477 e. The molecule has 2 aromatic carbocycles. The molecule has 1 heterocycles. The predicted octanol–water partition coefficient (Wildman–Crippen LogP) is 4.94. The third kappa shape index (κ3) is 3.88. The highest BCUT2D eigenvalue weighted by Gasteiger charge is 2.31. The Morgan fingerprint density at radius 1 is 1.12 bits per heavy atom. The Balaban J connectivity index is 1.94. The summed E-state index contributed by atoms with van der Waals surface area (Å²) in [6.07, 6.45) is -4.76. The molecule has 0 radical (unpaired) electrons. The highest BCUT2D eigenvalue weighted by Crippen LogP contribution is 2.26. The Morgan fingerprint density at radius 3 is 2.40 bits per heavy atom. The van der Waals surface area contributed by atoms with Gasteiger partial charge in [-0.05, 0) is 42.0 Å². The third-order valence-electron chi connectivity index (χ3n) is 3.58. The molecule has 0 saturated carbocycles. The average Bonchev–Trinajstić information content (AvgIpc) is 2.86. The lowest BCUT2D eigenvalue weighted by Crippen LogP contribution is -2.17. The third-order valence-corrected chi connectivity index (χ3v) is 3.82. The van der Waals surface area contributed by atoms with Gasteiger partial charge in [0.1, 0.15) is 11.4 Å². The van der Waals surface area contributed by atoms with Crippen molar-refractivity contribution in [3.8, 4) is 5.75 Å². The summed E-state index contributed by atoms with van der Waals surface area (Å²) in [5.41, 5.74) is 1.36. The van der Waals surface area contributed by atoms with Gasteiger partial charge in [0.15, 0.2) is 0 Å². The average molecular weight is 370 g/mol. The molecule has 1 aromatic heterocycles. The van der Waals surface area contributed by atoms with Crippen molar-refractivity contribution < 1.29 is 27.8 Å². The minimum atomic E-state index is -4.76. The number of ether oxygens (including phenoxy) is 1. The number of fused-ring (bicyclic) bond motifs is 1. The van der Waals surface area contributed by atoms with Crippen LogP contribution in [-0.4, -0.2) is 22.0 Å². The van der Waals surface area contributed by atoms with Crippen molar-refractivity contribution in [3.63, 3.8) is 0 Å². The molecule has 3 aromatic rings. The normalized spacial score (nSPS) is 11.7. The first-order chi connectivity index (χ1) is 11.7. The van der Waals surface area contributed by atoms with Crippen LogP contribution in [-0.2, 0) is 6.54 Å². The SMILES string of the molecule is O=C(O)c1cc2cc(Cl)ccc2n1Cc1ccc(OC(F)(F)F)cc1. The highest BCUT2D eigenvalue weighted by atomic mass is 35.5. The monoisotopic (exact) mass is 369 g/mol. The molecule has 0 atom stereocenters. The number of aromatic carboxylic acids is 1. The summed E-state index contributed by atoms with van der Waals surface area (Å²) in [7, 11) is 0. The quantitative estimate of drug-likeness (QED) is 0.708. The molecule has 3 rings (SSSR count). The van der Waals surface area contributed by atoms with E-state index in [4.69, 9.17) is 11.6 Å². The Morgan fingerprint density at radius 2 is 1.80 bits per heavy atom. The van der Waals surface area contributed by atoms with Gasteiger partial charge in [0.25, 0.3) is 0 Å². The first-order valence-electron chi connectivity index (χ1n) is 7.10. The lowest BCUT2D eigenvalue weighted by Gasteiger charge is -2.11. The van der Waals surface area contributed by atoms with E-state index in [1.54, 1.807) is 22.8 Å². The zero-order valence-electron chi connectivity index (χ0n) is 12.5. The van der Waals surface area contributed by atoms with Crippen molar-refractivity contribution >= 4 is 28.5 Å². The van der Waals surface area contributed by atoms with Crippen molar-refractivity contribution in [1.29, 1.82) is 0 Å². The van der Waals surface area contributed by atoms with Crippen LogP contribution in [0.1, 0.15) is 16.1 Å². The zero-order valence-corrected chi connectivity index (χ0v) is 13.3. The summed E-state index contributed by atoms with van der Waals surface area (Å²) in [4.78, 5) is 11.5. The minimum Gasteiger partial charge on any atom is -0.477 e. The van der Waals surface area contributed by atoms with Crippen LogP contribution in [0, 0.1) is 0 Å². The summed E-state index contributed by atoms with van der Waals surface area (Å²) in [6, 6.07) is 11.8. The predicted molar refractivity (Wildman–Crippen MR) is 86.1 cm³/mol. The van der Waals surface area contributed by atoms with Gasteiger partial charge >= 0.3 is 12.3 Å². The van der Waals surface area contributed by atoms with E-state index in [0.717, 1.165) is 0 Å². The van der Waals surface area contributed by atoms with Crippen LogP contribution in [0.5, 0.6) is 5.75 Å². The number of carbonyl (C=O) groups is 1. The summed E-state index contributed by atoms with van der Waals surface area (Å²) in [6.45, 7) is 0.180. The number of halogens is 4. The number of aromatic nitrogens is 1. The molecule has 0 amide bonds. The molecule has 8 heteroatoms. The second-order valence-corrected chi connectivity index (χ2v) is 5.75. The molecular formula is C17H11ClF3NO3. The van der Waals surface area contributed by atoms with Gasteiger partial charge in [-0.15, -0.1) is 13.2 Å². The standard InChI is InChI=1S/C17H11ClF3NO3/c18-12-3-6-14-11(7-12)8-15(16(23)24)22(14)9-10-1-4-13(5-2-10)25-17(19,20)21/h1-8H,9H2,(H,23,24). The Bertz CT molecular complexity index is 933. The Kier molecular flexibility index (Phi) is 4.34. The molecule has 0 bridgehead atoms. The van der Waals surface area contributed by atoms with Gasteiger partial charge in [0.05, 0.1) is 0 Å². The number of rotatable bonds is 4. The summed E-state index contributed by atoms with van der Waals surface area (Å²) in [5.74, 6) is -1.44. The fraction of sp³-hybridized carbons (Fsp3) is 0.118. The summed E-state index contributed by atoms with van der Waals surface area (Å²) >= 11 is 5.93.